The lowest BCUT2D eigenvalue weighted by Gasteiger charge is -2.39. The highest BCUT2D eigenvalue weighted by Crippen LogP contribution is 2.41. The Hall–Kier alpha value is -6.20. The van der Waals surface area contributed by atoms with Crippen LogP contribution in [-0.2, 0) is 28.0 Å². The van der Waals surface area contributed by atoms with Crippen molar-refractivity contribution in [1.82, 2.24) is 30.9 Å². The molecule has 13 nitrogen and oxygen atoms in total. The fourth-order valence-corrected chi connectivity index (χ4v) is 10.6. The summed E-state index contributed by atoms with van der Waals surface area (Å²) in [6.45, 7) is 21.8. The van der Waals surface area contributed by atoms with Crippen LogP contribution in [0.15, 0.2) is 95.9 Å². The molecule has 9 rings (SSSR count). The maximum absolute atomic E-state index is 13.4. The Morgan fingerprint density at radius 1 is 0.543 bits per heavy atom. The fourth-order valence-electron chi connectivity index (χ4n) is 10.2. The lowest BCUT2D eigenvalue weighted by atomic mass is 9.94. The maximum atomic E-state index is 13.4. The number of piperidine rings is 3. The molecule has 3 aromatic heterocycles. The standard InChI is InChI=1S/C21H26F3N3O2.C16H18F3N3.C11H22N2O2.C10H5BrF3N/c1-13-10-14(26-19(28)29-20(2,3)4)12-27(11-13)17-8-7-16(21(22,23)24)18-15(17)6-5-9-25-18;1-10-7-11(20)9-22(8-10)14-5-4-13(16(17,18)19)15-12(14)3-2-6-21-15;1-8-5-9(7-12-6-8)13-10(14)15-11(2,3)4;11-8-4-3-7(10(12,13)14)9-6(8)2-1-5-15-9/h5-9,13-14H,10-12H2,1-4H3,(H,26,28);2-6,10-11H,7-9,20H2,1H3;8-9,12H,5-7H2,1-4H3,(H,13,14);1-5H/t13-,14+;10-,11+;8-,9+;/m000./s1. The number of rotatable bonds is 4. The van der Waals surface area contributed by atoms with E-state index in [2.05, 4.69) is 72.5 Å². The minimum absolute atomic E-state index is 0.000650. The molecule has 0 unspecified atom stereocenters. The van der Waals surface area contributed by atoms with Gasteiger partial charge >= 0.3 is 30.7 Å². The van der Waals surface area contributed by atoms with Gasteiger partial charge in [-0.05, 0) is 152 Å². The molecule has 0 aliphatic carbocycles. The van der Waals surface area contributed by atoms with Crippen molar-refractivity contribution >= 4 is 72.2 Å². The Balaban J connectivity index is 0.000000181. The van der Waals surface area contributed by atoms with Crippen molar-refractivity contribution in [3.05, 3.63) is 113 Å². The molecule has 442 valence electrons. The monoisotopic (exact) mass is 1210 g/mol. The van der Waals surface area contributed by atoms with Gasteiger partial charge in [-0.3, -0.25) is 15.0 Å². The van der Waals surface area contributed by atoms with Crippen LogP contribution in [0.3, 0.4) is 0 Å². The zero-order valence-electron chi connectivity index (χ0n) is 46.7. The summed E-state index contributed by atoms with van der Waals surface area (Å²) in [7, 11) is 0. The number of carbonyl (C=O) groups is 2. The predicted octanol–water partition coefficient (Wildman–Crippen LogP) is 13.9. The van der Waals surface area contributed by atoms with Gasteiger partial charge in [-0.15, -0.1) is 0 Å². The summed E-state index contributed by atoms with van der Waals surface area (Å²) in [5.74, 6) is 1.27. The number of nitrogens with one attached hydrogen (secondary N) is 3. The molecule has 3 aliphatic heterocycles. The Kier molecular flexibility index (Phi) is 20.8. The summed E-state index contributed by atoms with van der Waals surface area (Å²) in [4.78, 5) is 39.4. The van der Waals surface area contributed by atoms with Crippen LogP contribution < -0.4 is 31.5 Å². The number of pyridine rings is 3. The second-order valence-electron chi connectivity index (χ2n) is 23.0. The number of amides is 2. The molecule has 2 amide bonds. The molecule has 3 aliphatic rings. The molecule has 3 saturated heterocycles. The van der Waals surface area contributed by atoms with E-state index in [0.717, 1.165) is 62.8 Å². The second kappa shape index (κ2) is 26.4. The van der Waals surface area contributed by atoms with Crippen molar-refractivity contribution < 1.29 is 58.6 Å². The summed E-state index contributed by atoms with van der Waals surface area (Å²) < 4.78 is 128. The van der Waals surface area contributed by atoms with Gasteiger partial charge in [0.15, 0.2) is 0 Å². The Morgan fingerprint density at radius 2 is 0.938 bits per heavy atom. The van der Waals surface area contributed by atoms with Crippen molar-refractivity contribution in [2.45, 2.75) is 129 Å². The van der Waals surface area contributed by atoms with Crippen molar-refractivity contribution in [3.63, 3.8) is 0 Å². The summed E-state index contributed by atoms with van der Waals surface area (Å²) in [5.41, 5.74) is 4.26. The van der Waals surface area contributed by atoms with Gasteiger partial charge in [-0.1, -0.05) is 42.8 Å². The summed E-state index contributed by atoms with van der Waals surface area (Å²) >= 11 is 3.19. The van der Waals surface area contributed by atoms with Crippen LogP contribution in [-0.4, -0.2) is 95.7 Å². The minimum atomic E-state index is -4.47. The highest BCUT2D eigenvalue weighted by Gasteiger charge is 2.37. The lowest BCUT2D eigenvalue weighted by molar-refractivity contribution is -0.137. The highest BCUT2D eigenvalue weighted by atomic mass is 79.9. The molecule has 81 heavy (non-hydrogen) atoms. The van der Waals surface area contributed by atoms with Crippen molar-refractivity contribution in [1.29, 1.82) is 0 Å². The van der Waals surface area contributed by atoms with E-state index in [-0.39, 0.29) is 46.7 Å². The van der Waals surface area contributed by atoms with Crippen LogP contribution in [0.25, 0.3) is 32.7 Å². The molecule has 5 N–H and O–H groups in total. The van der Waals surface area contributed by atoms with E-state index in [0.29, 0.717) is 57.8 Å². The minimum Gasteiger partial charge on any atom is -0.444 e. The van der Waals surface area contributed by atoms with Gasteiger partial charge < -0.3 is 41.0 Å². The van der Waals surface area contributed by atoms with Crippen molar-refractivity contribution in [3.8, 4) is 0 Å². The average Bonchev–Trinajstić information content (AvgIpc) is 3.36. The number of nitrogens with two attached hydrogens (primary N) is 1. The SMILES string of the molecule is C[C@@H]1CNC[C@H](NC(=O)OC(C)(C)C)C1.C[C@H]1C[C@@H](N)CN(c2ccc(C(F)(F)F)c3ncccc23)C1.C[C@H]1C[C@@H](NC(=O)OC(C)(C)C)CN(c2ccc(C(F)(F)F)c3ncccc23)C1.FC(F)(F)c1ccc(Br)c2cccnc12. The number of benzene rings is 3. The van der Waals surface area contributed by atoms with E-state index in [9.17, 15) is 49.1 Å². The number of nitrogens with zero attached hydrogens (tertiary/aromatic N) is 5. The first kappa shape index (κ1) is 64.0. The third-order valence-electron chi connectivity index (χ3n) is 13.2. The second-order valence-corrected chi connectivity index (χ2v) is 23.8. The van der Waals surface area contributed by atoms with Crippen molar-refractivity contribution in [2.24, 2.45) is 23.5 Å². The van der Waals surface area contributed by atoms with Gasteiger partial charge in [-0.25, -0.2) is 9.59 Å². The van der Waals surface area contributed by atoms with Crippen LogP contribution >= 0.6 is 15.9 Å². The van der Waals surface area contributed by atoms with Gasteiger partial charge in [0.05, 0.1) is 33.2 Å². The van der Waals surface area contributed by atoms with E-state index in [1.54, 1.807) is 57.2 Å². The molecule has 23 heteroatoms. The van der Waals surface area contributed by atoms with Gasteiger partial charge in [0, 0.05) is 101 Å². The summed E-state index contributed by atoms with van der Waals surface area (Å²) in [6, 6.07) is 17.6. The predicted molar refractivity (Wildman–Crippen MR) is 301 cm³/mol. The first-order valence-electron chi connectivity index (χ1n) is 26.6. The number of alkyl carbamates (subject to hydrolysis) is 2. The third-order valence-corrected chi connectivity index (χ3v) is 13.9. The third kappa shape index (κ3) is 18.4. The van der Waals surface area contributed by atoms with Gasteiger partial charge in [0.1, 0.15) is 11.2 Å². The average molecular weight is 1210 g/mol. The first-order valence-corrected chi connectivity index (χ1v) is 27.4. The van der Waals surface area contributed by atoms with Crippen LogP contribution in [0.4, 0.5) is 60.5 Å². The topological polar surface area (TPSA) is 160 Å². The number of carbonyl (C=O) groups excluding carboxylic acids is 2. The molecule has 6 aromatic rings. The Bertz CT molecular complexity index is 3090. The molecule has 0 saturated carbocycles. The largest absolute Gasteiger partial charge is 0.444 e. The fraction of sp³-hybridized carbons (Fsp3) is 0.500. The number of hydrogen-bond donors (Lipinski definition) is 4. The van der Waals surface area contributed by atoms with E-state index in [1.165, 1.54) is 36.8 Å². The van der Waals surface area contributed by atoms with Gasteiger partial charge in [-0.2, -0.15) is 39.5 Å². The molecule has 3 fully saturated rings. The van der Waals surface area contributed by atoms with Crippen LogP contribution in [0.2, 0.25) is 0 Å². The van der Waals surface area contributed by atoms with E-state index >= 15 is 0 Å². The molecular weight excluding hydrogens is 1140 g/mol. The number of halogens is 10. The zero-order chi connectivity index (χ0) is 59.8. The van der Waals surface area contributed by atoms with Crippen LogP contribution in [0.5, 0.6) is 0 Å². The van der Waals surface area contributed by atoms with Crippen LogP contribution in [0, 0.1) is 17.8 Å². The Morgan fingerprint density at radius 3 is 1.37 bits per heavy atom. The van der Waals surface area contributed by atoms with Crippen LogP contribution in [0.1, 0.15) is 98.3 Å². The normalized spacial score (nSPS) is 20.9. The Labute approximate surface area is 474 Å². The quantitative estimate of drug-likeness (QED) is 0.124. The maximum Gasteiger partial charge on any atom is 0.418 e. The summed E-state index contributed by atoms with van der Waals surface area (Å²) in [6.07, 6.45) is -7.21. The molecule has 0 radical (unpaired) electrons. The summed E-state index contributed by atoms with van der Waals surface area (Å²) in [5, 5.41) is 10.5. The number of hydrogen-bond acceptors (Lipinski definition) is 11. The van der Waals surface area contributed by atoms with Gasteiger partial charge in [0.2, 0.25) is 0 Å². The molecule has 6 atom stereocenters. The zero-order valence-corrected chi connectivity index (χ0v) is 48.3. The number of anilines is 2. The molecule has 0 bridgehead atoms. The van der Waals surface area contributed by atoms with Crippen molar-refractivity contribution in [2.75, 3.05) is 49.1 Å². The lowest BCUT2D eigenvalue weighted by Crippen LogP contribution is -2.51. The smallest absolute Gasteiger partial charge is 0.418 e. The molecule has 6 heterocycles. The van der Waals surface area contributed by atoms with Gasteiger partial charge in [0.25, 0.3) is 0 Å². The van der Waals surface area contributed by atoms with E-state index in [4.69, 9.17) is 15.2 Å². The molecule has 0 spiro atoms. The first-order chi connectivity index (χ1) is 37.7. The highest BCUT2D eigenvalue weighted by molar-refractivity contribution is 9.10. The number of aromatic nitrogens is 3. The molecular formula is C58H71BrF9N9O4. The number of alkyl halides is 9. The molecule has 3 aromatic carbocycles. The van der Waals surface area contributed by atoms with E-state index in [1.807, 2.05) is 25.7 Å². The number of ether oxygens (including phenoxy) is 2. The van der Waals surface area contributed by atoms with E-state index < -0.39 is 52.5 Å². The number of fused-ring (bicyclic) bond motifs is 3.